The van der Waals surface area contributed by atoms with Crippen molar-refractivity contribution in [1.29, 1.82) is 0 Å². The van der Waals surface area contributed by atoms with Gasteiger partial charge >= 0.3 is 5.97 Å². The van der Waals surface area contributed by atoms with Gasteiger partial charge in [-0.25, -0.2) is 4.79 Å². The molecule has 0 radical (unpaired) electrons. The van der Waals surface area contributed by atoms with Gasteiger partial charge in [0.05, 0.1) is 0 Å². The molecule has 0 rings (SSSR count). The van der Waals surface area contributed by atoms with Gasteiger partial charge in [0.15, 0.2) is 6.10 Å². The van der Waals surface area contributed by atoms with Crippen LogP contribution in [-0.4, -0.2) is 24.3 Å². The Morgan fingerprint density at radius 3 is 2.35 bits per heavy atom. The first-order valence-electron chi connectivity index (χ1n) is 8.94. The molecule has 0 unspecified atom stereocenters. The van der Waals surface area contributed by atoms with E-state index in [4.69, 9.17) is 9.84 Å². The van der Waals surface area contributed by atoms with Crippen molar-refractivity contribution >= 4 is 5.97 Å². The highest BCUT2D eigenvalue weighted by Gasteiger charge is 2.14. The van der Waals surface area contributed by atoms with Gasteiger partial charge in [0.2, 0.25) is 0 Å². The lowest BCUT2D eigenvalue weighted by molar-refractivity contribution is -0.148. The van der Waals surface area contributed by atoms with E-state index < -0.39 is 12.1 Å². The first-order valence-corrected chi connectivity index (χ1v) is 8.94. The van der Waals surface area contributed by atoms with Gasteiger partial charge in [0.1, 0.15) is 0 Å². The van der Waals surface area contributed by atoms with Crippen LogP contribution < -0.4 is 0 Å². The molecule has 0 aromatic rings. The zero-order chi connectivity index (χ0) is 17.3. The molecular formula is C20H34O3. The van der Waals surface area contributed by atoms with Crippen LogP contribution >= 0.6 is 0 Å². The smallest absolute Gasteiger partial charge is 0.332 e. The molecule has 2 atom stereocenters. The van der Waals surface area contributed by atoms with E-state index in [0.29, 0.717) is 12.8 Å². The highest BCUT2D eigenvalue weighted by molar-refractivity contribution is 5.72. The van der Waals surface area contributed by atoms with Crippen LogP contribution in [0.3, 0.4) is 0 Å². The number of carboxylic acids is 1. The van der Waals surface area contributed by atoms with Crippen LogP contribution in [0.4, 0.5) is 0 Å². The first-order chi connectivity index (χ1) is 11.1. The molecule has 0 heterocycles. The average molecular weight is 322 g/mol. The number of unbranched alkanes of at least 4 members (excludes halogenated alkanes) is 5. The Morgan fingerprint density at radius 1 is 1.09 bits per heavy atom. The fraction of sp³-hybridized carbons (Fsp3) is 0.750. The molecule has 0 fully saturated rings. The number of aliphatic carboxylic acids is 1. The Balaban J connectivity index is 3.47. The molecule has 3 heteroatoms. The van der Waals surface area contributed by atoms with Crippen molar-refractivity contribution in [2.24, 2.45) is 5.92 Å². The second-order valence-corrected chi connectivity index (χ2v) is 6.23. The molecule has 0 bridgehead atoms. The number of carbonyl (C=O) groups is 1. The van der Waals surface area contributed by atoms with Crippen LogP contribution in [-0.2, 0) is 9.53 Å². The van der Waals surface area contributed by atoms with Gasteiger partial charge in [-0.05, 0) is 31.6 Å². The van der Waals surface area contributed by atoms with Crippen molar-refractivity contribution in [3.8, 4) is 11.8 Å². The summed E-state index contributed by atoms with van der Waals surface area (Å²) in [5, 5.41) is 8.82. The van der Waals surface area contributed by atoms with E-state index in [2.05, 4.69) is 25.3 Å². The van der Waals surface area contributed by atoms with Gasteiger partial charge in [-0.15, -0.1) is 18.4 Å². The van der Waals surface area contributed by atoms with Gasteiger partial charge in [-0.2, -0.15) is 0 Å². The molecule has 0 aliphatic heterocycles. The Bertz CT molecular complexity index is 365. The molecule has 3 nitrogen and oxygen atoms in total. The second-order valence-electron chi connectivity index (χ2n) is 6.23. The molecule has 0 aliphatic rings. The summed E-state index contributed by atoms with van der Waals surface area (Å²) < 4.78 is 4.86. The summed E-state index contributed by atoms with van der Waals surface area (Å²) in [4.78, 5) is 10.7. The molecule has 0 saturated heterocycles. The third-order valence-corrected chi connectivity index (χ3v) is 4.07. The third kappa shape index (κ3) is 14.1. The third-order valence-electron chi connectivity index (χ3n) is 4.07. The molecule has 0 aromatic carbocycles. The fourth-order valence-corrected chi connectivity index (χ4v) is 2.53. The molecule has 0 spiro atoms. The zero-order valence-electron chi connectivity index (χ0n) is 15.0. The minimum atomic E-state index is -0.909. The molecule has 132 valence electrons. The highest BCUT2D eigenvalue weighted by atomic mass is 16.5. The van der Waals surface area contributed by atoms with E-state index in [1.165, 1.54) is 45.6 Å². The largest absolute Gasteiger partial charge is 0.479 e. The number of rotatable bonds is 14. The quantitative estimate of drug-likeness (QED) is 0.271. The van der Waals surface area contributed by atoms with Crippen molar-refractivity contribution in [1.82, 2.24) is 0 Å². The number of methoxy groups -OCH3 is 1. The Hall–Kier alpha value is -1.27. The van der Waals surface area contributed by atoms with E-state index in [0.717, 1.165) is 25.2 Å². The SMILES string of the molecule is C=CCCCC[C@@H](C)CCCCCC#CCC[C@H](OC)C(=O)O. The van der Waals surface area contributed by atoms with Gasteiger partial charge in [0.25, 0.3) is 0 Å². The monoisotopic (exact) mass is 322 g/mol. The van der Waals surface area contributed by atoms with E-state index in [9.17, 15) is 4.79 Å². The summed E-state index contributed by atoms with van der Waals surface area (Å²) in [6, 6.07) is 0. The first kappa shape index (κ1) is 21.7. The Kier molecular flexibility index (Phi) is 14.8. The minimum Gasteiger partial charge on any atom is -0.479 e. The number of allylic oxidation sites excluding steroid dienone is 1. The maximum Gasteiger partial charge on any atom is 0.332 e. The van der Waals surface area contributed by atoms with Gasteiger partial charge in [-0.3, -0.25) is 0 Å². The lowest BCUT2D eigenvalue weighted by atomic mass is 9.96. The van der Waals surface area contributed by atoms with E-state index >= 15 is 0 Å². The van der Waals surface area contributed by atoms with Crippen LogP contribution in [0.1, 0.15) is 77.6 Å². The van der Waals surface area contributed by atoms with Crippen LogP contribution in [0.25, 0.3) is 0 Å². The lowest BCUT2D eigenvalue weighted by Crippen LogP contribution is -2.21. The number of hydrogen-bond donors (Lipinski definition) is 1. The van der Waals surface area contributed by atoms with Crippen molar-refractivity contribution in [3.63, 3.8) is 0 Å². The topological polar surface area (TPSA) is 46.5 Å². The van der Waals surface area contributed by atoms with Crippen molar-refractivity contribution < 1.29 is 14.6 Å². The maximum absolute atomic E-state index is 10.7. The maximum atomic E-state index is 10.7. The molecule has 23 heavy (non-hydrogen) atoms. The molecule has 0 aliphatic carbocycles. The zero-order valence-corrected chi connectivity index (χ0v) is 15.0. The Morgan fingerprint density at radius 2 is 1.74 bits per heavy atom. The molecule has 1 N–H and O–H groups in total. The molecule has 0 saturated carbocycles. The summed E-state index contributed by atoms with van der Waals surface area (Å²) in [5.74, 6) is 6.09. The van der Waals surface area contributed by atoms with E-state index in [1.54, 1.807) is 0 Å². The van der Waals surface area contributed by atoms with Crippen molar-refractivity contribution in [3.05, 3.63) is 12.7 Å². The number of hydrogen-bond acceptors (Lipinski definition) is 2. The van der Waals surface area contributed by atoms with Crippen LogP contribution in [0.2, 0.25) is 0 Å². The van der Waals surface area contributed by atoms with Crippen LogP contribution in [0.5, 0.6) is 0 Å². The standard InChI is InChI=1S/C20H34O3/c1-4-5-6-12-15-18(2)16-13-10-8-7-9-11-14-17-19(23-3)20(21)22/h4,18-19H,1,5-8,10,12-17H2,2-3H3,(H,21,22)/t18-,19+/m1/s1. The summed E-state index contributed by atoms with van der Waals surface area (Å²) in [7, 11) is 1.42. The van der Waals surface area contributed by atoms with Gasteiger partial charge in [-0.1, -0.05) is 45.1 Å². The van der Waals surface area contributed by atoms with Gasteiger partial charge < -0.3 is 9.84 Å². The van der Waals surface area contributed by atoms with Crippen molar-refractivity contribution in [2.45, 2.75) is 83.7 Å². The fourth-order valence-electron chi connectivity index (χ4n) is 2.53. The van der Waals surface area contributed by atoms with E-state index in [-0.39, 0.29) is 0 Å². The Labute approximate surface area is 142 Å². The second kappa shape index (κ2) is 15.6. The highest BCUT2D eigenvalue weighted by Crippen LogP contribution is 2.17. The number of carboxylic acid groups (broad SMARTS) is 1. The lowest BCUT2D eigenvalue weighted by Gasteiger charge is -2.10. The number of ether oxygens (including phenoxy) is 1. The predicted octanol–water partition coefficient (Wildman–Crippen LogP) is 5.20. The minimum absolute atomic E-state index is 0.461. The average Bonchev–Trinajstić information content (AvgIpc) is 2.53. The van der Waals surface area contributed by atoms with Gasteiger partial charge in [0, 0.05) is 20.0 Å². The summed E-state index contributed by atoms with van der Waals surface area (Å²) >= 11 is 0. The van der Waals surface area contributed by atoms with Crippen LogP contribution in [0, 0.1) is 17.8 Å². The summed E-state index contributed by atoms with van der Waals surface area (Å²) in [6.45, 7) is 6.10. The van der Waals surface area contributed by atoms with E-state index in [1.807, 2.05) is 6.08 Å². The normalized spacial score (nSPS) is 13.0. The molecule has 0 aromatic heterocycles. The predicted molar refractivity (Wildman–Crippen MR) is 96.4 cm³/mol. The molecule has 0 amide bonds. The summed E-state index contributed by atoms with van der Waals surface area (Å²) in [5.41, 5.74) is 0. The van der Waals surface area contributed by atoms with Crippen molar-refractivity contribution in [2.75, 3.05) is 7.11 Å². The van der Waals surface area contributed by atoms with Crippen LogP contribution in [0.15, 0.2) is 12.7 Å². The summed E-state index contributed by atoms with van der Waals surface area (Å²) in [6.07, 6.45) is 13.3. The molecular weight excluding hydrogens is 288 g/mol.